The molecule has 2 rings (SSSR count). The molecule has 2 fully saturated rings. The van der Waals surface area contributed by atoms with Gasteiger partial charge in [-0.05, 0) is 40.0 Å². The smallest absolute Gasteiger partial charge is 0.410 e. The number of hydrogen-bond acceptors (Lipinski definition) is 5. The van der Waals surface area contributed by atoms with Crippen molar-refractivity contribution in [3.63, 3.8) is 0 Å². The van der Waals surface area contributed by atoms with E-state index in [1.54, 1.807) is 32.7 Å². The van der Waals surface area contributed by atoms with Crippen LogP contribution < -0.4 is 0 Å². The molecule has 23 heavy (non-hydrogen) atoms. The molecule has 0 aromatic rings. The number of likely N-dealkylation sites (N-methyl/N-ethyl adjacent to an activating group) is 1. The van der Waals surface area contributed by atoms with Crippen molar-refractivity contribution in [1.82, 2.24) is 9.80 Å². The number of amides is 2. The Morgan fingerprint density at radius 1 is 1.22 bits per heavy atom. The van der Waals surface area contributed by atoms with Gasteiger partial charge in [0.25, 0.3) is 0 Å². The van der Waals surface area contributed by atoms with Crippen LogP contribution in [0.4, 0.5) is 4.79 Å². The van der Waals surface area contributed by atoms with Crippen molar-refractivity contribution in [1.29, 1.82) is 0 Å². The Bertz CT molecular complexity index is 429. The van der Waals surface area contributed by atoms with Gasteiger partial charge in [0.15, 0.2) is 6.29 Å². The minimum Gasteiger partial charge on any atom is -0.444 e. The minimum absolute atomic E-state index is 0.00185. The number of hydrogen-bond donors (Lipinski definition) is 0. The van der Waals surface area contributed by atoms with E-state index in [1.165, 1.54) is 4.90 Å². The molecule has 2 heterocycles. The topological polar surface area (TPSA) is 68.3 Å². The maximum absolute atomic E-state index is 12.6. The first-order chi connectivity index (χ1) is 10.8. The molecule has 2 aliphatic rings. The molecule has 0 spiro atoms. The Kier molecular flexibility index (Phi) is 5.86. The van der Waals surface area contributed by atoms with E-state index in [-0.39, 0.29) is 24.8 Å². The van der Waals surface area contributed by atoms with Gasteiger partial charge in [0, 0.05) is 13.6 Å². The molecule has 132 valence electrons. The molecule has 1 atom stereocenters. The summed E-state index contributed by atoms with van der Waals surface area (Å²) in [6, 6.07) is -0.0641. The van der Waals surface area contributed by atoms with E-state index in [4.69, 9.17) is 14.2 Å². The zero-order valence-corrected chi connectivity index (χ0v) is 14.5. The zero-order valence-electron chi connectivity index (χ0n) is 14.5. The highest BCUT2D eigenvalue weighted by Gasteiger charge is 2.36. The van der Waals surface area contributed by atoms with Gasteiger partial charge >= 0.3 is 6.09 Å². The normalized spacial score (nSPS) is 23.0. The van der Waals surface area contributed by atoms with Crippen LogP contribution in [0.3, 0.4) is 0 Å². The summed E-state index contributed by atoms with van der Waals surface area (Å²) in [5.74, 6) is -0.0952. The second-order valence-electron chi connectivity index (χ2n) is 7.10. The van der Waals surface area contributed by atoms with Gasteiger partial charge in [-0.2, -0.15) is 0 Å². The van der Waals surface area contributed by atoms with Crippen LogP contribution in [0.2, 0.25) is 0 Å². The van der Waals surface area contributed by atoms with Crippen molar-refractivity contribution in [3.05, 3.63) is 0 Å². The lowest BCUT2D eigenvalue weighted by Crippen LogP contribution is -2.53. The van der Waals surface area contributed by atoms with E-state index >= 15 is 0 Å². The predicted octanol–water partition coefficient (Wildman–Crippen LogP) is 1.61. The summed E-state index contributed by atoms with van der Waals surface area (Å²) >= 11 is 0. The lowest BCUT2D eigenvalue weighted by Gasteiger charge is -2.38. The van der Waals surface area contributed by atoms with E-state index in [0.29, 0.717) is 19.8 Å². The third-order valence-electron chi connectivity index (χ3n) is 3.91. The number of likely N-dealkylation sites (tertiary alicyclic amines) is 1. The summed E-state index contributed by atoms with van der Waals surface area (Å²) in [6.07, 6.45) is 2.05. The molecule has 0 bridgehead atoms. The Morgan fingerprint density at radius 3 is 2.48 bits per heavy atom. The first kappa shape index (κ1) is 18.0. The zero-order chi connectivity index (χ0) is 17.0. The molecule has 0 aromatic heterocycles. The van der Waals surface area contributed by atoms with Gasteiger partial charge in [-0.1, -0.05) is 0 Å². The maximum Gasteiger partial charge on any atom is 0.410 e. The van der Waals surface area contributed by atoms with Crippen molar-refractivity contribution in [2.75, 3.05) is 33.4 Å². The van der Waals surface area contributed by atoms with Crippen LogP contribution in [-0.2, 0) is 19.0 Å². The van der Waals surface area contributed by atoms with Gasteiger partial charge in [-0.3, -0.25) is 4.79 Å². The van der Waals surface area contributed by atoms with Gasteiger partial charge in [0.05, 0.1) is 19.3 Å². The third kappa shape index (κ3) is 5.07. The van der Waals surface area contributed by atoms with E-state index in [0.717, 1.165) is 19.3 Å². The standard InChI is InChI=1S/C16H28N2O5/c1-16(2,3)23-15(20)17(4)11-13(19)18-8-6-5-7-12(18)14-21-9-10-22-14/h12,14H,5-11H2,1-4H3. The van der Waals surface area contributed by atoms with Crippen LogP contribution in [0.5, 0.6) is 0 Å². The quantitative estimate of drug-likeness (QED) is 0.787. The highest BCUT2D eigenvalue weighted by Crippen LogP contribution is 2.24. The SMILES string of the molecule is CN(CC(=O)N1CCCCC1C1OCCO1)C(=O)OC(C)(C)C. The van der Waals surface area contributed by atoms with Crippen molar-refractivity contribution in [3.8, 4) is 0 Å². The molecule has 7 heteroatoms. The van der Waals surface area contributed by atoms with Crippen molar-refractivity contribution >= 4 is 12.0 Å². The largest absolute Gasteiger partial charge is 0.444 e. The van der Waals surface area contributed by atoms with Crippen molar-refractivity contribution in [2.24, 2.45) is 0 Å². The molecular weight excluding hydrogens is 300 g/mol. The summed E-state index contributed by atoms with van der Waals surface area (Å²) in [6.45, 7) is 7.22. The first-order valence-electron chi connectivity index (χ1n) is 8.25. The van der Waals surface area contributed by atoms with Crippen LogP contribution in [0.15, 0.2) is 0 Å². The van der Waals surface area contributed by atoms with Crippen molar-refractivity contribution < 1.29 is 23.8 Å². The second-order valence-corrected chi connectivity index (χ2v) is 7.10. The molecule has 2 saturated heterocycles. The lowest BCUT2D eigenvalue weighted by atomic mass is 10.0. The highest BCUT2D eigenvalue weighted by molar-refractivity contribution is 5.82. The molecule has 7 nitrogen and oxygen atoms in total. The molecule has 2 aliphatic heterocycles. The fraction of sp³-hybridized carbons (Fsp3) is 0.875. The summed E-state index contributed by atoms with van der Waals surface area (Å²) in [5.41, 5.74) is -0.576. The van der Waals surface area contributed by atoms with Gasteiger partial charge in [0.2, 0.25) is 5.91 Å². The van der Waals surface area contributed by atoms with E-state index < -0.39 is 11.7 Å². The highest BCUT2D eigenvalue weighted by atomic mass is 16.7. The fourth-order valence-electron chi connectivity index (χ4n) is 2.85. The van der Waals surface area contributed by atoms with Gasteiger partial charge < -0.3 is 24.0 Å². The minimum atomic E-state index is -0.576. The Labute approximate surface area is 137 Å². The third-order valence-corrected chi connectivity index (χ3v) is 3.91. The molecule has 0 radical (unpaired) electrons. The first-order valence-corrected chi connectivity index (χ1v) is 8.25. The average Bonchev–Trinajstić information content (AvgIpc) is 2.99. The van der Waals surface area contributed by atoms with Gasteiger partial charge in [-0.15, -0.1) is 0 Å². The number of carbonyl (C=O) groups excluding carboxylic acids is 2. The number of carbonyl (C=O) groups is 2. The molecular formula is C16H28N2O5. The second kappa shape index (κ2) is 7.49. The summed E-state index contributed by atoms with van der Waals surface area (Å²) in [7, 11) is 1.58. The van der Waals surface area contributed by atoms with Gasteiger partial charge in [-0.25, -0.2) is 4.79 Å². The summed E-state index contributed by atoms with van der Waals surface area (Å²) in [4.78, 5) is 27.7. The fourth-order valence-corrected chi connectivity index (χ4v) is 2.85. The van der Waals surface area contributed by atoms with Crippen LogP contribution in [0.1, 0.15) is 40.0 Å². The summed E-state index contributed by atoms with van der Waals surface area (Å²) < 4.78 is 16.4. The number of piperidine rings is 1. The number of nitrogens with zero attached hydrogens (tertiary/aromatic N) is 2. The number of ether oxygens (including phenoxy) is 3. The Balaban J connectivity index is 1.93. The molecule has 0 saturated carbocycles. The van der Waals surface area contributed by atoms with Crippen LogP contribution in [0, 0.1) is 0 Å². The van der Waals surface area contributed by atoms with Crippen LogP contribution >= 0.6 is 0 Å². The average molecular weight is 328 g/mol. The molecule has 2 amide bonds. The van der Waals surface area contributed by atoms with Crippen molar-refractivity contribution in [2.45, 2.75) is 58.0 Å². The molecule has 1 unspecified atom stereocenters. The Hall–Kier alpha value is -1.34. The lowest BCUT2D eigenvalue weighted by molar-refractivity contribution is -0.151. The van der Waals surface area contributed by atoms with Gasteiger partial charge in [0.1, 0.15) is 12.1 Å². The summed E-state index contributed by atoms with van der Waals surface area (Å²) in [5, 5.41) is 0. The molecule has 0 aromatic carbocycles. The van der Waals surface area contributed by atoms with E-state index in [9.17, 15) is 9.59 Å². The van der Waals surface area contributed by atoms with E-state index in [1.807, 2.05) is 0 Å². The maximum atomic E-state index is 12.6. The van der Waals surface area contributed by atoms with Crippen LogP contribution in [-0.4, -0.2) is 73.1 Å². The molecule has 0 N–H and O–H groups in total. The molecule has 0 aliphatic carbocycles. The monoisotopic (exact) mass is 328 g/mol. The predicted molar refractivity (Wildman–Crippen MR) is 83.9 cm³/mol. The van der Waals surface area contributed by atoms with E-state index in [2.05, 4.69) is 0 Å². The Morgan fingerprint density at radius 2 is 1.87 bits per heavy atom. The number of rotatable bonds is 3. The van der Waals surface area contributed by atoms with Crippen LogP contribution in [0.25, 0.3) is 0 Å².